The number of oxazole rings is 1. The van der Waals surface area contributed by atoms with Gasteiger partial charge >= 0.3 is 0 Å². The third-order valence-corrected chi connectivity index (χ3v) is 7.92. The van der Waals surface area contributed by atoms with E-state index in [-0.39, 0.29) is 25.2 Å². The molecule has 0 atom stereocenters. The van der Waals surface area contributed by atoms with Crippen LogP contribution >= 0.6 is 0 Å². The summed E-state index contributed by atoms with van der Waals surface area (Å²) in [6.07, 6.45) is 2.04. The van der Waals surface area contributed by atoms with E-state index in [1.54, 1.807) is 25.1 Å². The highest BCUT2D eigenvalue weighted by atomic mass is 16.7. The molecule has 3 aliphatic rings. The number of aromatic nitrogens is 1. The molecule has 2 amide bonds. The Balaban J connectivity index is 1.01. The van der Waals surface area contributed by atoms with Crippen LogP contribution in [-0.4, -0.2) is 97.8 Å². The van der Waals surface area contributed by atoms with Gasteiger partial charge in [-0.2, -0.15) is 0 Å². The lowest BCUT2D eigenvalue weighted by atomic mass is 10.1. The Morgan fingerprint density at radius 2 is 1.80 bits per heavy atom. The van der Waals surface area contributed by atoms with Crippen molar-refractivity contribution in [2.45, 2.75) is 19.9 Å². The normalized spacial score (nSPS) is 17.6. The first-order valence-electron chi connectivity index (χ1n) is 14.0. The van der Waals surface area contributed by atoms with Crippen molar-refractivity contribution in [3.05, 3.63) is 54.0 Å². The van der Waals surface area contributed by atoms with Crippen molar-refractivity contribution in [3.8, 4) is 28.6 Å². The summed E-state index contributed by atoms with van der Waals surface area (Å²) >= 11 is 0. The maximum atomic E-state index is 13.2. The Labute approximate surface area is 239 Å². The number of hydrogen-bond acceptors (Lipinski definition) is 9. The fraction of sp³-hybridized carbons (Fsp3) is 0.433. The molecule has 6 rings (SSSR count). The molecule has 11 heteroatoms. The van der Waals surface area contributed by atoms with E-state index < -0.39 is 0 Å². The van der Waals surface area contributed by atoms with E-state index in [4.69, 9.17) is 18.6 Å². The first kappa shape index (κ1) is 26.9. The largest absolute Gasteiger partial charge is 0.496 e. The van der Waals surface area contributed by atoms with Crippen molar-refractivity contribution in [1.29, 1.82) is 0 Å². The number of fused-ring (bicyclic) bond motifs is 1. The lowest BCUT2D eigenvalue weighted by molar-refractivity contribution is -0.141. The van der Waals surface area contributed by atoms with Gasteiger partial charge in [0.05, 0.1) is 25.4 Å². The molecular weight excluding hydrogens is 526 g/mol. The summed E-state index contributed by atoms with van der Waals surface area (Å²) in [4.78, 5) is 38.4. The third kappa shape index (κ3) is 5.95. The first-order valence-corrected chi connectivity index (χ1v) is 14.0. The van der Waals surface area contributed by atoms with Gasteiger partial charge in [0.15, 0.2) is 23.1 Å². The second kappa shape index (κ2) is 11.7. The molecule has 3 aliphatic heterocycles. The minimum atomic E-state index is 0.00269. The predicted molar refractivity (Wildman–Crippen MR) is 151 cm³/mol. The average molecular weight is 562 g/mol. The van der Waals surface area contributed by atoms with Crippen molar-refractivity contribution < 1.29 is 28.2 Å². The molecule has 0 spiro atoms. The molecule has 0 radical (unpaired) electrons. The van der Waals surface area contributed by atoms with Crippen LogP contribution in [0.1, 0.15) is 17.9 Å². The van der Waals surface area contributed by atoms with Crippen LogP contribution in [0.3, 0.4) is 0 Å². The lowest BCUT2D eigenvalue weighted by Crippen LogP contribution is -2.51. The van der Waals surface area contributed by atoms with Gasteiger partial charge in [0, 0.05) is 77.5 Å². The lowest BCUT2D eigenvalue weighted by Gasteiger charge is -2.35. The Hall–Kier alpha value is -4.25. The number of hydrogen-bond donors (Lipinski definition) is 0. The molecule has 41 heavy (non-hydrogen) atoms. The number of amides is 2. The van der Waals surface area contributed by atoms with Gasteiger partial charge in [-0.25, -0.2) is 4.98 Å². The molecule has 1 aromatic heterocycles. The maximum absolute atomic E-state index is 13.2. The van der Waals surface area contributed by atoms with Gasteiger partial charge in [-0.05, 0) is 29.8 Å². The van der Waals surface area contributed by atoms with Gasteiger partial charge < -0.3 is 33.3 Å². The van der Waals surface area contributed by atoms with Crippen molar-refractivity contribution in [2.24, 2.45) is 0 Å². The van der Waals surface area contributed by atoms with Gasteiger partial charge in [-0.1, -0.05) is 6.07 Å². The zero-order valence-corrected chi connectivity index (χ0v) is 23.5. The molecular formula is C30H35N5O6. The van der Waals surface area contributed by atoms with E-state index in [0.29, 0.717) is 56.5 Å². The number of carbonyl (C=O) groups excluding carboxylic acids is 2. The van der Waals surface area contributed by atoms with Crippen LogP contribution in [-0.2, 0) is 16.1 Å². The van der Waals surface area contributed by atoms with Crippen molar-refractivity contribution in [3.63, 3.8) is 0 Å². The fourth-order valence-corrected chi connectivity index (χ4v) is 5.57. The average Bonchev–Trinajstić information content (AvgIpc) is 3.60. The third-order valence-electron chi connectivity index (χ3n) is 7.92. The van der Waals surface area contributed by atoms with Crippen LogP contribution in [0.5, 0.6) is 17.2 Å². The summed E-state index contributed by atoms with van der Waals surface area (Å²) in [5, 5.41) is 0. The molecule has 2 aromatic carbocycles. The molecule has 216 valence electrons. The highest BCUT2D eigenvalue weighted by Gasteiger charge is 2.28. The molecule has 0 bridgehead atoms. The molecule has 4 heterocycles. The Morgan fingerprint density at radius 1 is 0.976 bits per heavy atom. The Morgan fingerprint density at radius 3 is 2.59 bits per heavy atom. The molecule has 2 saturated heterocycles. The van der Waals surface area contributed by atoms with Gasteiger partial charge in [0.25, 0.3) is 0 Å². The summed E-state index contributed by atoms with van der Waals surface area (Å²) in [5.74, 6) is 3.50. The first-order chi connectivity index (χ1) is 20.0. The molecule has 2 fully saturated rings. The number of carbonyl (C=O) groups is 2. The van der Waals surface area contributed by atoms with Crippen LogP contribution in [0, 0.1) is 6.92 Å². The minimum absolute atomic E-state index is 0.00269. The number of ether oxygens (including phenoxy) is 3. The van der Waals surface area contributed by atoms with Crippen LogP contribution < -0.4 is 19.1 Å². The van der Waals surface area contributed by atoms with Crippen LogP contribution in [0.4, 0.5) is 5.69 Å². The molecule has 3 aromatic rings. The maximum Gasteiger partial charge on any atom is 0.242 e. The van der Waals surface area contributed by atoms with E-state index in [1.165, 1.54) is 0 Å². The molecule has 0 aliphatic carbocycles. The van der Waals surface area contributed by atoms with E-state index in [0.717, 1.165) is 47.9 Å². The van der Waals surface area contributed by atoms with Gasteiger partial charge in [0.2, 0.25) is 18.6 Å². The molecule has 0 saturated carbocycles. The summed E-state index contributed by atoms with van der Waals surface area (Å²) in [7, 11) is 1.63. The zero-order valence-electron chi connectivity index (χ0n) is 23.5. The van der Waals surface area contributed by atoms with E-state index in [1.807, 2.05) is 35.2 Å². The summed E-state index contributed by atoms with van der Waals surface area (Å²) < 4.78 is 22.2. The fourth-order valence-electron chi connectivity index (χ4n) is 5.57. The van der Waals surface area contributed by atoms with Gasteiger partial charge in [-0.3, -0.25) is 14.5 Å². The highest BCUT2D eigenvalue weighted by molar-refractivity contribution is 5.85. The van der Waals surface area contributed by atoms with Crippen molar-refractivity contribution >= 4 is 17.5 Å². The van der Waals surface area contributed by atoms with Gasteiger partial charge in [-0.15, -0.1) is 0 Å². The Kier molecular flexibility index (Phi) is 7.69. The number of aryl methyl sites for hydroxylation is 1. The van der Waals surface area contributed by atoms with Crippen molar-refractivity contribution in [2.75, 3.05) is 71.2 Å². The van der Waals surface area contributed by atoms with Crippen LogP contribution in [0.15, 0.2) is 47.0 Å². The second-order valence-corrected chi connectivity index (χ2v) is 10.5. The topological polar surface area (TPSA) is 101 Å². The highest BCUT2D eigenvalue weighted by Crippen LogP contribution is 2.35. The number of benzene rings is 2. The smallest absolute Gasteiger partial charge is 0.242 e. The van der Waals surface area contributed by atoms with E-state index >= 15 is 0 Å². The zero-order chi connectivity index (χ0) is 28.3. The number of nitrogens with zero attached hydrogens (tertiary/aromatic N) is 5. The monoisotopic (exact) mass is 561 g/mol. The molecule has 0 unspecified atom stereocenters. The number of rotatable bonds is 7. The number of piperazine rings is 1. The van der Waals surface area contributed by atoms with Crippen molar-refractivity contribution in [1.82, 2.24) is 19.7 Å². The minimum Gasteiger partial charge on any atom is -0.496 e. The van der Waals surface area contributed by atoms with Crippen LogP contribution in [0.2, 0.25) is 0 Å². The standard InChI is InChI=1S/C30H35N5O6/c1-21-31-17-28(41-21)24-5-4-23(16-26(24)38-2)33-8-7-29(36)35(14-13-33)19-30(37)34-11-9-32(10-12-34)18-22-3-6-25-27(15-22)40-20-39-25/h3-6,15-17H,7-14,18-20H2,1-2H3. The summed E-state index contributed by atoms with van der Waals surface area (Å²) in [6.45, 7) is 7.54. The van der Waals surface area contributed by atoms with Gasteiger partial charge in [0.1, 0.15) is 5.75 Å². The van der Waals surface area contributed by atoms with E-state index in [9.17, 15) is 9.59 Å². The molecule has 0 N–H and O–H groups in total. The second-order valence-electron chi connectivity index (χ2n) is 10.5. The number of methoxy groups -OCH3 is 1. The van der Waals surface area contributed by atoms with Crippen LogP contribution in [0.25, 0.3) is 11.3 Å². The van der Waals surface area contributed by atoms with E-state index in [2.05, 4.69) is 20.9 Å². The Bertz CT molecular complexity index is 1420. The quantitative estimate of drug-likeness (QED) is 0.431. The summed E-state index contributed by atoms with van der Waals surface area (Å²) in [6, 6.07) is 11.9. The predicted octanol–water partition coefficient (Wildman–Crippen LogP) is 2.77. The molecule has 11 nitrogen and oxygen atoms in total. The number of anilines is 1. The summed E-state index contributed by atoms with van der Waals surface area (Å²) in [5.41, 5.74) is 2.95. The SMILES string of the molecule is COc1cc(N2CCC(=O)N(CC(=O)N3CCN(Cc4ccc5c(c4)OCO5)CC3)CC2)ccc1-c1cnc(C)o1.